The van der Waals surface area contributed by atoms with E-state index in [-0.39, 0.29) is 0 Å². The largest absolute Gasteiger partial charge is 0.259 e. The van der Waals surface area contributed by atoms with Crippen molar-refractivity contribution in [1.29, 1.82) is 0 Å². The molecule has 1 aliphatic rings. The average molecular weight is 168 g/mol. The lowest BCUT2D eigenvalue weighted by Gasteiger charge is -2.01. The van der Waals surface area contributed by atoms with E-state index < -0.39 is 0 Å². The van der Waals surface area contributed by atoms with Crippen LogP contribution in [-0.2, 0) is 6.42 Å². The van der Waals surface area contributed by atoms with Crippen molar-refractivity contribution in [1.82, 2.24) is 4.98 Å². The molecule has 0 spiro atoms. The van der Waals surface area contributed by atoms with Crippen molar-refractivity contribution in [2.45, 2.75) is 25.7 Å². The summed E-state index contributed by atoms with van der Waals surface area (Å²) < 4.78 is 0. The van der Waals surface area contributed by atoms with Crippen LogP contribution in [0.25, 0.3) is 0 Å². The molecule has 0 N–H and O–H groups in total. The average Bonchev–Trinajstić information content (AvgIpc) is 2.32. The Morgan fingerprint density at radius 2 is 2.45 bits per heavy atom. The Morgan fingerprint density at radius 1 is 1.64 bits per heavy atom. The SMILES string of the molecule is CC1CCc2cc(Cl)cnc21. The first-order chi connectivity index (χ1) is 5.27. The van der Waals surface area contributed by atoms with Gasteiger partial charge in [0.2, 0.25) is 0 Å². The minimum absolute atomic E-state index is 0.627. The van der Waals surface area contributed by atoms with Crippen LogP contribution >= 0.6 is 11.6 Å². The van der Waals surface area contributed by atoms with Crippen LogP contribution in [0.15, 0.2) is 12.3 Å². The Kier molecular flexibility index (Phi) is 1.61. The van der Waals surface area contributed by atoms with Gasteiger partial charge in [-0.05, 0) is 30.4 Å². The van der Waals surface area contributed by atoms with Crippen LogP contribution in [0.3, 0.4) is 0 Å². The topological polar surface area (TPSA) is 12.9 Å². The Balaban J connectivity index is 2.50. The Hall–Kier alpha value is -0.560. The predicted molar refractivity (Wildman–Crippen MR) is 46.0 cm³/mol. The van der Waals surface area contributed by atoms with Crippen LogP contribution in [0.4, 0.5) is 0 Å². The molecule has 11 heavy (non-hydrogen) atoms. The van der Waals surface area contributed by atoms with Gasteiger partial charge in [-0.1, -0.05) is 18.5 Å². The third-order valence-corrected chi connectivity index (χ3v) is 2.49. The zero-order valence-corrected chi connectivity index (χ0v) is 7.23. The summed E-state index contributed by atoms with van der Waals surface area (Å²) in [7, 11) is 0. The summed E-state index contributed by atoms with van der Waals surface area (Å²) in [4.78, 5) is 4.31. The molecule has 1 unspecified atom stereocenters. The van der Waals surface area contributed by atoms with Crippen LogP contribution in [0.1, 0.15) is 30.5 Å². The summed E-state index contributed by atoms with van der Waals surface area (Å²) in [5.41, 5.74) is 2.58. The van der Waals surface area contributed by atoms with Gasteiger partial charge in [0.1, 0.15) is 0 Å². The Morgan fingerprint density at radius 3 is 3.27 bits per heavy atom. The highest BCUT2D eigenvalue weighted by atomic mass is 35.5. The molecule has 1 aromatic heterocycles. The molecule has 0 radical (unpaired) electrons. The first-order valence-corrected chi connectivity index (χ1v) is 4.29. The summed E-state index contributed by atoms with van der Waals surface area (Å²) >= 11 is 5.81. The summed E-state index contributed by atoms with van der Waals surface area (Å²) in [5, 5.41) is 0.762. The minimum Gasteiger partial charge on any atom is -0.259 e. The van der Waals surface area contributed by atoms with Gasteiger partial charge in [0, 0.05) is 11.9 Å². The number of hydrogen-bond acceptors (Lipinski definition) is 1. The maximum Gasteiger partial charge on any atom is 0.0592 e. The molecule has 0 saturated carbocycles. The van der Waals surface area contributed by atoms with Crippen molar-refractivity contribution in [2.75, 3.05) is 0 Å². The van der Waals surface area contributed by atoms with E-state index in [4.69, 9.17) is 11.6 Å². The van der Waals surface area contributed by atoms with Crippen LogP contribution in [0.5, 0.6) is 0 Å². The van der Waals surface area contributed by atoms with E-state index in [9.17, 15) is 0 Å². The molecule has 0 aliphatic heterocycles. The molecule has 0 bridgehead atoms. The monoisotopic (exact) mass is 167 g/mol. The van der Waals surface area contributed by atoms with Crippen LogP contribution < -0.4 is 0 Å². The first-order valence-electron chi connectivity index (χ1n) is 3.91. The van der Waals surface area contributed by atoms with Crippen molar-refractivity contribution >= 4 is 11.6 Å². The fourth-order valence-electron chi connectivity index (χ4n) is 1.64. The normalized spacial score (nSPS) is 21.8. The van der Waals surface area contributed by atoms with Gasteiger partial charge in [-0.3, -0.25) is 4.98 Å². The van der Waals surface area contributed by atoms with Gasteiger partial charge in [-0.15, -0.1) is 0 Å². The predicted octanol–water partition coefficient (Wildman–Crippen LogP) is 2.78. The number of pyridine rings is 1. The van der Waals surface area contributed by atoms with Crippen LogP contribution in [0.2, 0.25) is 5.02 Å². The smallest absolute Gasteiger partial charge is 0.0592 e. The van der Waals surface area contributed by atoms with E-state index in [0.29, 0.717) is 5.92 Å². The second-order valence-corrected chi connectivity index (χ2v) is 3.57. The Labute approximate surface area is 71.4 Å². The lowest BCUT2D eigenvalue weighted by Crippen LogP contribution is -1.90. The molecule has 1 nitrogen and oxygen atoms in total. The van der Waals surface area contributed by atoms with E-state index in [1.807, 2.05) is 6.07 Å². The lowest BCUT2D eigenvalue weighted by molar-refractivity contribution is 0.731. The van der Waals surface area contributed by atoms with E-state index in [2.05, 4.69) is 11.9 Å². The van der Waals surface area contributed by atoms with Gasteiger partial charge in [0.25, 0.3) is 0 Å². The minimum atomic E-state index is 0.627. The molecule has 2 heteroatoms. The number of rotatable bonds is 0. The molecule has 0 fully saturated rings. The summed E-state index contributed by atoms with van der Waals surface area (Å²) in [6.45, 7) is 2.22. The lowest BCUT2D eigenvalue weighted by atomic mass is 10.1. The molecule has 2 rings (SSSR count). The molecule has 58 valence electrons. The number of aromatic nitrogens is 1. The molecule has 1 heterocycles. The molecule has 0 aromatic carbocycles. The van der Waals surface area contributed by atoms with E-state index in [1.165, 1.54) is 17.7 Å². The summed E-state index contributed by atoms with van der Waals surface area (Å²) in [6, 6.07) is 2.04. The van der Waals surface area contributed by atoms with E-state index in [1.54, 1.807) is 6.20 Å². The van der Waals surface area contributed by atoms with Crippen molar-refractivity contribution < 1.29 is 0 Å². The van der Waals surface area contributed by atoms with Gasteiger partial charge >= 0.3 is 0 Å². The van der Waals surface area contributed by atoms with Crippen molar-refractivity contribution in [2.24, 2.45) is 0 Å². The zero-order valence-electron chi connectivity index (χ0n) is 6.47. The highest BCUT2D eigenvalue weighted by molar-refractivity contribution is 6.30. The summed E-state index contributed by atoms with van der Waals surface area (Å²) in [5.74, 6) is 0.627. The molecule has 0 saturated heterocycles. The van der Waals surface area contributed by atoms with Gasteiger partial charge < -0.3 is 0 Å². The number of aryl methyl sites for hydroxylation is 1. The third-order valence-electron chi connectivity index (χ3n) is 2.28. The van der Waals surface area contributed by atoms with Crippen LogP contribution in [-0.4, -0.2) is 4.98 Å². The Bertz CT molecular complexity index is 283. The van der Waals surface area contributed by atoms with Gasteiger partial charge in [-0.25, -0.2) is 0 Å². The van der Waals surface area contributed by atoms with Crippen molar-refractivity contribution in [3.63, 3.8) is 0 Å². The highest BCUT2D eigenvalue weighted by Crippen LogP contribution is 2.31. The molecule has 1 atom stereocenters. The van der Waals surface area contributed by atoms with Gasteiger partial charge in [0.05, 0.1) is 5.02 Å². The van der Waals surface area contributed by atoms with Crippen LogP contribution in [0, 0.1) is 0 Å². The van der Waals surface area contributed by atoms with Gasteiger partial charge in [-0.2, -0.15) is 0 Å². The number of hydrogen-bond donors (Lipinski definition) is 0. The van der Waals surface area contributed by atoms with E-state index >= 15 is 0 Å². The quantitative estimate of drug-likeness (QED) is 0.579. The zero-order chi connectivity index (χ0) is 7.84. The van der Waals surface area contributed by atoms with Crippen molar-refractivity contribution in [3.05, 3.63) is 28.5 Å². The second-order valence-electron chi connectivity index (χ2n) is 3.14. The fourth-order valence-corrected chi connectivity index (χ4v) is 1.82. The molecular formula is C9H10ClN. The maximum absolute atomic E-state index is 5.81. The third kappa shape index (κ3) is 1.14. The highest BCUT2D eigenvalue weighted by Gasteiger charge is 2.19. The van der Waals surface area contributed by atoms with Gasteiger partial charge in [0.15, 0.2) is 0 Å². The molecule has 1 aliphatic carbocycles. The number of nitrogens with zero attached hydrogens (tertiary/aromatic N) is 1. The fraction of sp³-hybridized carbons (Fsp3) is 0.444. The standard InChI is InChI=1S/C9H10ClN/c1-6-2-3-7-4-8(10)5-11-9(6)7/h4-6H,2-3H2,1H3. The second kappa shape index (κ2) is 2.49. The van der Waals surface area contributed by atoms with Crippen molar-refractivity contribution in [3.8, 4) is 0 Å². The first kappa shape index (κ1) is 7.11. The number of halogens is 1. The number of fused-ring (bicyclic) bond motifs is 1. The van der Waals surface area contributed by atoms with E-state index in [0.717, 1.165) is 11.4 Å². The molecule has 0 amide bonds. The molecular weight excluding hydrogens is 158 g/mol. The molecule has 1 aromatic rings. The summed E-state index contributed by atoms with van der Waals surface area (Å²) in [6.07, 6.45) is 4.11. The maximum atomic E-state index is 5.81.